The van der Waals surface area contributed by atoms with Gasteiger partial charge >= 0.3 is 0 Å². The van der Waals surface area contributed by atoms with E-state index in [0.29, 0.717) is 12.7 Å². The average molecular weight is 332 g/mol. The van der Waals surface area contributed by atoms with Crippen LogP contribution in [-0.4, -0.2) is 19.3 Å². The molecule has 2 aromatic carbocycles. The van der Waals surface area contributed by atoms with Crippen LogP contribution in [0, 0.1) is 0 Å². The van der Waals surface area contributed by atoms with Crippen LogP contribution >= 0.6 is 11.6 Å². The Morgan fingerprint density at radius 3 is 2.65 bits per heavy atom. The highest BCUT2D eigenvalue weighted by molar-refractivity contribution is 6.31. The van der Waals surface area contributed by atoms with Crippen molar-refractivity contribution >= 4 is 11.6 Å². The van der Waals surface area contributed by atoms with Crippen molar-refractivity contribution in [2.75, 3.05) is 13.2 Å². The van der Waals surface area contributed by atoms with Crippen molar-refractivity contribution in [3.05, 3.63) is 64.7 Å². The first-order valence-corrected chi connectivity index (χ1v) is 8.47. The Bertz CT molecular complexity index is 626. The lowest BCUT2D eigenvalue weighted by Crippen LogP contribution is -2.25. The van der Waals surface area contributed by atoms with Crippen molar-refractivity contribution in [1.29, 1.82) is 0 Å². The van der Waals surface area contributed by atoms with E-state index >= 15 is 0 Å². The molecule has 1 fully saturated rings. The minimum Gasteiger partial charge on any atom is -0.489 e. The van der Waals surface area contributed by atoms with Crippen molar-refractivity contribution in [3.8, 4) is 5.75 Å². The van der Waals surface area contributed by atoms with Crippen LogP contribution in [0.5, 0.6) is 5.75 Å². The van der Waals surface area contributed by atoms with Crippen molar-refractivity contribution < 1.29 is 9.47 Å². The van der Waals surface area contributed by atoms with Gasteiger partial charge in [-0.3, -0.25) is 0 Å². The molecule has 0 spiro atoms. The third kappa shape index (κ3) is 4.71. The maximum Gasteiger partial charge on any atom is 0.124 e. The SMILES string of the molecule is Clc1ccccc1COc1ccccc1CNCC1CCCO1. The molecule has 1 N–H and O–H groups in total. The predicted octanol–water partition coefficient (Wildman–Crippen LogP) is 4.19. The Morgan fingerprint density at radius 1 is 1.09 bits per heavy atom. The molecular formula is C19H22ClNO2. The molecule has 1 unspecified atom stereocenters. The number of rotatable bonds is 7. The van der Waals surface area contributed by atoms with Gasteiger partial charge in [0.05, 0.1) is 6.10 Å². The molecule has 0 aliphatic carbocycles. The lowest BCUT2D eigenvalue weighted by atomic mass is 10.2. The van der Waals surface area contributed by atoms with E-state index in [9.17, 15) is 0 Å². The Hall–Kier alpha value is -1.55. The largest absolute Gasteiger partial charge is 0.489 e. The van der Waals surface area contributed by atoms with Crippen molar-refractivity contribution in [1.82, 2.24) is 5.32 Å². The predicted molar refractivity (Wildman–Crippen MR) is 92.9 cm³/mol. The second kappa shape index (κ2) is 8.34. The third-order valence-corrected chi connectivity index (χ3v) is 4.39. The number of halogens is 1. The van der Waals surface area contributed by atoms with E-state index in [1.54, 1.807) is 0 Å². The van der Waals surface area contributed by atoms with Gasteiger partial charge in [-0.15, -0.1) is 0 Å². The molecule has 0 saturated carbocycles. The highest BCUT2D eigenvalue weighted by atomic mass is 35.5. The van der Waals surface area contributed by atoms with Gasteiger partial charge < -0.3 is 14.8 Å². The fourth-order valence-corrected chi connectivity index (χ4v) is 2.93. The highest BCUT2D eigenvalue weighted by Crippen LogP contribution is 2.22. The summed E-state index contributed by atoms with van der Waals surface area (Å²) < 4.78 is 11.6. The summed E-state index contributed by atoms with van der Waals surface area (Å²) in [5, 5.41) is 4.20. The first kappa shape index (κ1) is 16.3. The van der Waals surface area contributed by atoms with Gasteiger partial charge in [0.1, 0.15) is 12.4 Å². The number of hydrogen-bond donors (Lipinski definition) is 1. The summed E-state index contributed by atoms with van der Waals surface area (Å²) >= 11 is 6.18. The monoisotopic (exact) mass is 331 g/mol. The molecule has 1 saturated heterocycles. The highest BCUT2D eigenvalue weighted by Gasteiger charge is 2.14. The summed E-state index contributed by atoms with van der Waals surface area (Å²) in [5.74, 6) is 0.896. The maximum atomic E-state index is 6.18. The van der Waals surface area contributed by atoms with Crippen LogP contribution in [-0.2, 0) is 17.9 Å². The molecule has 3 rings (SSSR count). The van der Waals surface area contributed by atoms with E-state index in [1.807, 2.05) is 42.5 Å². The molecule has 2 aromatic rings. The van der Waals surface area contributed by atoms with Crippen LogP contribution in [0.2, 0.25) is 5.02 Å². The molecule has 23 heavy (non-hydrogen) atoms. The lowest BCUT2D eigenvalue weighted by molar-refractivity contribution is 0.110. The first-order chi connectivity index (χ1) is 11.3. The van der Waals surface area contributed by atoms with Crippen LogP contribution < -0.4 is 10.1 Å². The molecule has 3 nitrogen and oxygen atoms in total. The Kier molecular flexibility index (Phi) is 5.92. The van der Waals surface area contributed by atoms with Gasteiger partial charge in [0, 0.05) is 35.8 Å². The van der Waals surface area contributed by atoms with Gasteiger partial charge in [0.15, 0.2) is 0 Å². The number of hydrogen-bond acceptors (Lipinski definition) is 3. The number of nitrogens with one attached hydrogen (secondary N) is 1. The number of benzene rings is 2. The quantitative estimate of drug-likeness (QED) is 0.825. The minimum atomic E-state index is 0.353. The Morgan fingerprint density at radius 2 is 1.87 bits per heavy atom. The summed E-state index contributed by atoms with van der Waals surface area (Å²) in [6.45, 7) is 3.03. The smallest absolute Gasteiger partial charge is 0.124 e. The third-order valence-electron chi connectivity index (χ3n) is 4.03. The van der Waals surface area contributed by atoms with Crippen molar-refractivity contribution in [2.45, 2.75) is 32.1 Å². The van der Waals surface area contributed by atoms with Crippen molar-refractivity contribution in [3.63, 3.8) is 0 Å². The summed E-state index contributed by atoms with van der Waals surface area (Å²) in [7, 11) is 0. The number of ether oxygens (including phenoxy) is 2. The van der Waals surface area contributed by atoms with Gasteiger partial charge in [-0.25, -0.2) is 0 Å². The summed E-state index contributed by atoms with van der Waals surface area (Å²) in [4.78, 5) is 0. The Balaban J connectivity index is 1.55. The zero-order chi connectivity index (χ0) is 15.9. The molecule has 122 valence electrons. The fraction of sp³-hybridized carbons (Fsp3) is 0.368. The fourth-order valence-electron chi connectivity index (χ4n) is 2.73. The molecule has 0 radical (unpaired) electrons. The molecular weight excluding hydrogens is 310 g/mol. The normalized spacial score (nSPS) is 17.3. The second-order valence-corrected chi connectivity index (χ2v) is 6.16. The van der Waals surface area contributed by atoms with Crippen LogP contribution in [0.15, 0.2) is 48.5 Å². The molecule has 0 aromatic heterocycles. The van der Waals surface area contributed by atoms with E-state index in [-0.39, 0.29) is 0 Å². The van der Waals surface area contributed by atoms with Crippen LogP contribution in [0.1, 0.15) is 24.0 Å². The zero-order valence-electron chi connectivity index (χ0n) is 13.1. The van der Waals surface area contributed by atoms with E-state index in [2.05, 4.69) is 11.4 Å². The van der Waals surface area contributed by atoms with E-state index in [4.69, 9.17) is 21.1 Å². The van der Waals surface area contributed by atoms with Gasteiger partial charge in [-0.1, -0.05) is 48.0 Å². The van der Waals surface area contributed by atoms with E-state index < -0.39 is 0 Å². The van der Waals surface area contributed by atoms with E-state index in [1.165, 1.54) is 6.42 Å². The van der Waals surface area contributed by atoms with Gasteiger partial charge in [-0.2, -0.15) is 0 Å². The molecule has 1 aliphatic heterocycles. The van der Waals surface area contributed by atoms with Crippen LogP contribution in [0.4, 0.5) is 0 Å². The second-order valence-electron chi connectivity index (χ2n) is 5.75. The minimum absolute atomic E-state index is 0.353. The topological polar surface area (TPSA) is 30.5 Å². The molecule has 1 atom stereocenters. The molecule has 0 amide bonds. The summed E-state index contributed by atoms with van der Waals surface area (Å²) in [6, 6.07) is 15.9. The van der Waals surface area contributed by atoms with Crippen molar-refractivity contribution in [2.24, 2.45) is 0 Å². The first-order valence-electron chi connectivity index (χ1n) is 8.09. The molecule has 0 bridgehead atoms. The molecule has 1 aliphatic rings. The summed E-state index contributed by atoms with van der Waals surface area (Å²) in [5.41, 5.74) is 2.15. The average Bonchev–Trinajstić information content (AvgIpc) is 3.09. The Labute approximate surface area is 142 Å². The van der Waals surface area contributed by atoms with E-state index in [0.717, 1.165) is 48.0 Å². The van der Waals surface area contributed by atoms with Gasteiger partial charge in [-0.05, 0) is 25.0 Å². The maximum absolute atomic E-state index is 6.18. The number of para-hydroxylation sites is 1. The summed E-state index contributed by atoms with van der Waals surface area (Å²) in [6.07, 6.45) is 2.67. The van der Waals surface area contributed by atoms with Gasteiger partial charge in [0.2, 0.25) is 0 Å². The van der Waals surface area contributed by atoms with Gasteiger partial charge in [0.25, 0.3) is 0 Å². The molecule has 1 heterocycles. The molecule has 4 heteroatoms. The lowest BCUT2D eigenvalue weighted by Gasteiger charge is -2.14. The van der Waals surface area contributed by atoms with Crippen LogP contribution in [0.3, 0.4) is 0 Å². The standard InChI is InChI=1S/C19H22ClNO2/c20-18-9-3-1-7-16(18)14-23-19-10-4-2-6-15(19)12-21-13-17-8-5-11-22-17/h1-4,6-7,9-10,17,21H,5,8,11-14H2. The van der Waals surface area contributed by atoms with Crippen LogP contribution in [0.25, 0.3) is 0 Å². The zero-order valence-corrected chi connectivity index (χ0v) is 13.9.